The zero-order chi connectivity index (χ0) is 16.1. The third kappa shape index (κ3) is 4.34. The average Bonchev–Trinajstić information content (AvgIpc) is 3.00. The molecule has 1 aliphatic rings. The Bertz CT molecular complexity index is 520. The normalized spacial score (nSPS) is 19.0. The highest BCUT2D eigenvalue weighted by Crippen LogP contribution is 2.26. The van der Waals surface area contributed by atoms with Gasteiger partial charge in [0.2, 0.25) is 0 Å². The number of halogens is 2. The third-order valence-electron chi connectivity index (χ3n) is 3.74. The SMILES string of the molecule is CCN(C[C@@H]1CCOC1)C(=O)[C@@H](C)Oc1ccc(F)cc1Cl. The first-order valence-electron chi connectivity index (χ1n) is 7.49. The maximum absolute atomic E-state index is 13.0. The van der Waals surface area contributed by atoms with Crippen LogP contribution in [0, 0.1) is 11.7 Å². The van der Waals surface area contributed by atoms with Crippen molar-refractivity contribution in [2.24, 2.45) is 5.92 Å². The fourth-order valence-corrected chi connectivity index (χ4v) is 2.69. The minimum atomic E-state index is -0.676. The van der Waals surface area contributed by atoms with Crippen molar-refractivity contribution in [3.05, 3.63) is 29.0 Å². The van der Waals surface area contributed by atoms with Gasteiger partial charge in [-0.1, -0.05) is 11.6 Å². The number of amides is 1. The number of hydrogen-bond acceptors (Lipinski definition) is 3. The highest BCUT2D eigenvalue weighted by Gasteiger charge is 2.26. The van der Waals surface area contributed by atoms with Gasteiger partial charge in [-0.15, -0.1) is 0 Å². The molecule has 0 unspecified atom stereocenters. The van der Waals surface area contributed by atoms with Gasteiger partial charge in [0.15, 0.2) is 6.10 Å². The van der Waals surface area contributed by atoms with E-state index in [2.05, 4.69) is 0 Å². The van der Waals surface area contributed by atoms with Crippen LogP contribution in [0.2, 0.25) is 5.02 Å². The monoisotopic (exact) mass is 329 g/mol. The van der Waals surface area contributed by atoms with Crippen molar-refractivity contribution in [2.45, 2.75) is 26.4 Å². The van der Waals surface area contributed by atoms with Gasteiger partial charge in [-0.05, 0) is 38.5 Å². The van der Waals surface area contributed by atoms with E-state index in [0.29, 0.717) is 31.4 Å². The smallest absolute Gasteiger partial charge is 0.263 e. The van der Waals surface area contributed by atoms with Crippen LogP contribution in [-0.2, 0) is 9.53 Å². The van der Waals surface area contributed by atoms with Gasteiger partial charge in [-0.25, -0.2) is 4.39 Å². The third-order valence-corrected chi connectivity index (χ3v) is 4.04. The highest BCUT2D eigenvalue weighted by atomic mass is 35.5. The Morgan fingerprint density at radius 3 is 2.95 bits per heavy atom. The van der Waals surface area contributed by atoms with E-state index >= 15 is 0 Å². The van der Waals surface area contributed by atoms with Gasteiger partial charge in [0.1, 0.15) is 11.6 Å². The number of carbonyl (C=O) groups excluding carboxylic acids is 1. The van der Waals surface area contributed by atoms with Gasteiger partial charge in [0.05, 0.1) is 11.6 Å². The molecule has 0 aromatic heterocycles. The Kier molecular flexibility index (Phi) is 6.03. The molecule has 22 heavy (non-hydrogen) atoms. The molecule has 0 spiro atoms. The van der Waals surface area contributed by atoms with Gasteiger partial charge in [0, 0.05) is 25.6 Å². The fraction of sp³-hybridized carbons (Fsp3) is 0.562. The van der Waals surface area contributed by atoms with Gasteiger partial charge >= 0.3 is 0 Å². The van der Waals surface area contributed by atoms with Crippen LogP contribution >= 0.6 is 11.6 Å². The second-order valence-electron chi connectivity index (χ2n) is 5.44. The van der Waals surface area contributed by atoms with E-state index < -0.39 is 11.9 Å². The van der Waals surface area contributed by atoms with Crippen LogP contribution in [0.5, 0.6) is 5.75 Å². The van der Waals surface area contributed by atoms with E-state index in [1.165, 1.54) is 18.2 Å². The van der Waals surface area contributed by atoms with Gasteiger partial charge in [-0.2, -0.15) is 0 Å². The molecule has 1 heterocycles. The molecule has 0 saturated carbocycles. The van der Waals surface area contributed by atoms with Crippen LogP contribution in [0.4, 0.5) is 4.39 Å². The Balaban J connectivity index is 1.96. The van der Waals surface area contributed by atoms with Crippen molar-refractivity contribution in [3.63, 3.8) is 0 Å². The van der Waals surface area contributed by atoms with Crippen LogP contribution in [0.25, 0.3) is 0 Å². The summed E-state index contributed by atoms with van der Waals surface area (Å²) in [6, 6.07) is 3.86. The molecule has 1 aromatic rings. The van der Waals surface area contributed by atoms with Crippen LogP contribution in [-0.4, -0.2) is 43.2 Å². The molecular weight excluding hydrogens is 309 g/mol. The molecule has 6 heteroatoms. The molecule has 0 aliphatic carbocycles. The molecule has 122 valence electrons. The summed E-state index contributed by atoms with van der Waals surface area (Å²) in [6.07, 6.45) is 0.299. The molecule has 2 atom stereocenters. The topological polar surface area (TPSA) is 38.8 Å². The Morgan fingerprint density at radius 2 is 2.36 bits per heavy atom. The standard InChI is InChI=1S/C16H21ClFNO3/c1-3-19(9-12-6-7-21-10-12)16(20)11(2)22-15-5-4-13(18)8-14(15)17/h4-5,8,11-12H,3,6-7,9-10H2,1-2H3/t11-,12+/m1/s1. The summed E-state index contributed by atoms with van der Waals surface area (Å²) in [6.45, 7) is 6.35. The van der Waals surface area contributed by atoms with Crippen LogP contribution in [0.3, 0.4) is 0 Å². The van der Waals surface area contributed by atoms with E-state index in [9.17, 15) is 9.18 Å². The number of hydrogen-bond donors (Lipinski definition) is 0. The minimum Gasteiger partial charge on any atom is -0.479 e. The van der Waals surface area contributed by atoms with E-state index in [1.54, 1.807) is 11.8 Å². The van der Waals surface area contributed by atoms with Crippen molar-refractivity contribution in [3.8, 4) is 5.75 Å². The summed E-state index contributed by atoms with van der Waals surface area (Å²) in [5.41, 5.74) is 0. The molecule has 4 nitrogen and oxygen atoms in total. The Labute approximate surface area is 135 Å². The second kappa shape index (κ2) is 7.79. The minimum absolute atomic E-state index is 0.102. The van der Waals surface area contributed by atoms with Crippen molar-refractivity contribution in [1.29, 1.82) is 0 Å². The lowest BCUT2D eigenvalue weighted by Gasteiger charge is -2.27. The number of carbonyl (C=O) groups is 1. The van der Waals surface area contributed by atoms with Gasteiger partial charge < -0.3 is 14.4 Å². The van der Waals surface area contributed by atoms with E-state index in [1.807, 2.05) is 6.92 Å². The quantitative estimate of drug-likeness (QED) is 0.805. The van der Waals surface area contributed by atoms with Gasteiger partial charge in [-0.3, -0.25) is 4.79 Å². The summed E-state index contributed by atoms with van der Waals surface area (Å²) in [5.74, 6) is 0.150. The van der Waals surface area contributed by atoms with Gasteiger partial charge in [0.25, 0.3) is 5.91 Å². The Morgan fingerprint density at radius 1 is 1.59 bits per heavy atom. The first kappa shape index (κ1) is 17.0. The zero-order valence-electron chi connectivity index (χ0n) is 12.9. The number of likely N-dealkylation sites (N-methyl/N-ethyl adjacent to an activating group) is 1. The summed E-state index contributed by atoms with van der Waals surface area (Å²) in [4.78, 5) is 14.3. The van der Waals surface area contributed by atoms with Crippen molar-refractivity contribution in [1.82, 2.24) is 4.90 Å². The number of rotatable bonds is 6. The largest absolute Gasteiger partial charge is 0.479 e. The van der Waals surface area contributed by atoms with Crippen LogP contribution < -0.4 is 4.74 Å². The molecule has 0 bridgehead atoms. The second-order valence-corrected chi connectivity index (χ2v) is 5.85. The molecule has 0 N–H and O–H groups in total. The van der Waals surface area contributed by atoms with Crippen molar-refractivity contribution >= 4 is 17.5 Å². The summed E-state index contributed by atoms with van der Waals surface area (Å²) in [7, 11) is 0. The van der Waals surface area contributed by atoms with E-state index in [4.69, 9.17) is 21.1 Å². The molecule has 1 aliphatic heterocycles. The van der Waals surface area contributed by atoms with E-state index in [-0.39, 0.29) is 10.9 Å². The average molecular weight is 330 g/mol. The summed E-state index contributed by atoms with van der Waals surface area (Å²) in [5, 5.41) is 0.159. The summed E-state index contributed by atoms with van der Waals surface area (Å²) >= 11 is 5.92. The van der Waals surface area contributed by atoms with Crippen molar-refractivity contribution < 1.29 is 18.7 Å². The first-order valence-corrected chi connectivity index (χ1v) is 7.87. The number of ether oxygens (including phenoxy) is 2. The molecule has 2 rings (SSSR count). The molecule has 0 radical (unpaired) electrons. The predicted octanol–water partition coefficient (Wildman–Crippen LogP) is 3.13. The van der Waals surface area contributed by atoms with Crippen LogP contribution in [0.15, 0.2) is 18.2 Å². The predicted molar refractivity (Wildman–Crippen MR) is 82.7 cm³/mol. The number of benzene rings is 1. The highest BCUT2D eigenvalue weighted by molar-refractivity contribution is 6.32. The Hall–Kier alpha value is -1.33. The number of nitrogens with zero attached hydrogens (tertiary/aromatic N) is 1. The maximum atomic E-state index is 13.0. The lowest BCUT2D eigenvalue weighted by atomic mass is 10.1. The first-order chi connectivity index (χ1) is 10.5. The molecule has 1 amide bonds. The van der Waals surface area contributed by atoms with Crippen molar-refractivity contribution in [2.75, 3.05) is 26.3 Å². The lowest BCUT2D eigenvalue weighted by molar-refractivity contribution is -0.138. The molecule has 1 aromatic carbocycles. The maximum Gasteiger partial charge on any atom is 0.263 e. The molecule has 1 fully saturated rings. The van der Waals surface area contributed by atoms with E-state index in [0.717, 1.165) is 13.0 Å². The lowest BCUT2D eigenvalue weighted by Crippen LogP contribution is -2.43. The van der Waals surface area contributed by atoms with Crippen LogP contribution in [0.1, 0.15) is 20.3 Å². The zero-order valence-corrected chi connectivity index (χ0v) is 13.6. The fourth-order valence-electron chi connectivity index (χ4n) is 2.48. The molecular formula is C16H21ClFNO3. The summed E-state index contributed by atoms with van der Waals surface area (Å²) < 4.78 is 24.0. The molecule has 1 saturated heterocycles.